The van der Waals surface area contributed by atoms with Crippen molar-refractivity contribution in [2.45, 2.75) is 37.2 Å². The Morgan fingerprint density at radius 2 is 2.00 bits per heavy atom. The van der Waals surface area contributed by atoms with Gasteiger partial charge in [-0.05, 0) is 43.4 Å². The molecule has 0 aliphatic heterocycles. The van der Waals surface area contributed by atoms with Gasteiger partial charge in [0, 0.05) is 0 Å². The Hall–Kier alpha value is -0.870. The lowest BCUT2D eigenvalue weighted by Crippen LogP contribution is -2.31. The fourth-order valence-corrected chi connectivity index (χ4v) is 5.17. The summed E-state index contributed by atoms with van der Waals surface area (Å²) in [5.41, 5.74) is 7.64. The number of sulfone groups is 1. The highest BCUT2D eigenvalue weighted by atomic mass is 32.2. The quantitative estimate of drug-likeness (QED) is 0.908. The molecule has 2 unspecified atom stereocenters. The number of benzene rings is 1. The van der Waals surface area contributed by atoms with E-state index in [2.05, 4.69) is 0 Å². The van der Waals surface area contributed by atoms with E-state index in [-0.39, 0.29) is 16.9 Å². The van der Waals surface area contributed by atoms with Crippen LogP contribution in [0.3, 0.4) is 0 Å². The van der Waals surface area contributed by atoms with E-state index < -0.39 is 9.84 Å². The third kappa shape index (κ3) is 2.75. The summed E-state index contributed by atoms with van der Waals surface area (Å²) in [5.74, 6) is 0.305. The molecule has 0 radical (unpaired) electrons. The average molecular weight is 267 g/mol. The highest BCUT2D eigenvalue weighted by Gasteiger charge is 2.36. The molecule has 0 saturated heterocycles. The Bertz CT molecular complexity index is 510. The fourth-order valence-electron chi connectivity index (χ4n) is 2.84. The predicted molar refractivity (Wildman–Crippen MR) is 74.0 cm³/mol. The van der Waals surface area contributed by atoms with Gasteiger partial charge in [-0.25, -0.2) is 8.42 Å². The third-order valence-electron chi connectivity index (χ3n) is 3.97. The predicted octanol–water partition coefficient (Wildman–Crippen LogP) is 2.04. The summed E-state index contributed by atoms with van der Waals surface area (Å²) in [5, 5.41) is -0.234. The van der Waals surface area contributed by atoms with Gasteiger partial charge in [-0.2, -0.15) is 0 Å². The molecule has 4 heteroatoms. The van der Waals surface area contributed by atoms with Gasteiger partial charge < -0.3 is 5.73 Å². The number of aryl methyl sites for hydroxylation is 1. The molecule has 1 fully saturated rings. The average Bonchev–Trinajstić information content (AvgIpc) is 2.81. The first-order valence-electron chi connectivity index (χ1n) is 6.50. The molecular formula is C14H21NO2S. The van der Waals surface area contributed by atoms with Crippen LogP contribution in [-0.2, 0) is 15.6 Å². The molecule has 0 heterocycles. The Kier molecular flexibility index (Phi) is 4.07. The van der Waals surface area contributed by atoms with Crippen LogP contribution >= 0.6 is 0 Å². The molecular weight excluding hydrogens is 246 g/mol. The highest BCUT2D eigenvalue weighted by Crippen LogP contribution is 2.32. The van der Waals surface area contributed by atoms with Gasteiger partial charge in [0.2, 0.25) is 0 Å². The summed E-state index contributed by atoms with van der Waals surface area (Å²) in [4.78, 5) is 0. The van der Waals surface area contributed by atoms with E-state index in [1.807, 2.05) is 31.2 Å². The van der Waals surface area contributed by atoms with Gasteiger partial charge in [-0.3, -0.25) is 0 Å². The second-order valence-electron chi connectivity index (χ2n) is 5.20. The summed E-state index contributed by atoms with van der Waals surface area (Å²) in [6.07, 6.45) is 2.71. The Labute approximate surface area is 109 Å². The number of hydrogen-bond donors (Lipinski definition) is 1. The van der Waals surface area contributed by atoms with Crippen molar-refractivity contribution >= 4 is 9.84 Å². The van der Waals surface area contributed by atoms with Crippen molar-refractivity contribution < 1.29 is 8.42 Å². The second kappa shape index (κ2) is 5.41. The summed E-state index contributed by atoms with van der Waals surface area (Å²) in [7, 11) is -3.08. The topological polar surface area (TPSA) is 60.2 Å². The van der Waals surface area contributed by atoms with Crippen LogP contribution < -0.4 is 5.73 Å². The van der Waals surface area contributed by atoms with Crippen molar-refractivity contribution in [1.82, 2.24) is 0 Å². The van der Waals surface area contributed by atoms with Crippen molar-refractivity contribution in [3.05, 3.63) is 35.4 Å². The van der Waals surface area contributed by atoms with Crippen LogP contribution in [0.5, 0.6) is 0 Å². The van der Waals surface area contributed by atoms with Crippen LogP contribution in [-0.4, -0.2) is 20.2 Å². The van der Waals surface area contributed by atoms with Gasteiger partial charge in [-0.1, -0.05) is 30.7 Å². The SMILES string of the molecule is Cc1ccccc1CS(=O)(=O)C1CCCC1CN. The van der Waals surface area contributed by atoms with Crippen LogP contribution in [0.2, 0.25) is 0 Å². The second-order valence-corrected chi connectivity index (χ2v) is 7.42. The summed E-state index contributed by atoms with van der Waals surface area (Å²) in [6.45, 7) is 2.44. The molecule has 2 rings (SSSR count). The van der Waals surface area contributed by atoms with Crippen molar-refractivity contribution in [2.24, 2.45) is 11.7 Å². The molecule has 0 aromatic heterocycles. The molecule has 100 valence electrons. The molecule has 1 saturated carbocycles. The van der Waals surface area contributed by atoms with E-state index in [4.69, 9.17) is 5.73 Å². The highest BCUT2D eigenvalue weighted by molar-refractivity contribution is 7.91. The van der Waals surface area contributed by atoms with Gasteiger partial charge in [0.15, 0.2) is 9.84 Å². The van der Waals surface area contributed by atoms with E-state index in [1.54, 1.807) is 0 Å². The van der Waals surface area contributed by atoms with Crippen LogP contribution in [0.1, 0.15) is 30.4 Å². The fraction of sp³-hybridized carbons (Fsp3) is 0.571. The first-order chi connectivity index (χ1) is 8.54. The summed E-state index contributed by atoms with van der Waals surface area (Å²) in [6, 6.07) is 7.69. The molecule has 0 spiro atoms. The zero-order valence-electron chi connectivity index (χ0n) is 10.8. The minimum absolute atomic E-state index is 0.152. The molecule has 0 bridgehead atoms. The first kappa shape index (κ1) is 13.6. The molecule has 2 N–H and O–H groups in total. The molecule has 18 heavy (non-hydrogen) atoms. The van der Waals surface area contributed by atoms with E-state index in [0.29, 0.717) is 6.54 Å². The smallest absolute Gasteiger partial charge is 0.157 e. The maximum Gasteiger partial charge on any atom is 0.157 e. The Balaban J connectivity index is 2.20. The normalized spacial score (nSPS) is 24.3. The van der Waals surface area contributed by atoms with E-state index in [0.717, 1.165) is 30.4 Å². The van der Waals surface area contributed by atoms with Gasteiger partial charge in [0.25, 0.3) is 0 Å². The van der Waals surface area contributed by atoms with Crippen molar-refractivity contribution in [3.63, 3.8) is 0 Å². The zero-order chi connectivity index (χ0) is 13.2. The minimum Gasteiger partial charge on any atom is -0.330 e. The zero-order valence-corrected chi connectivity index (χ0v) is 11.6. The lowest BCUT2D eigenvalue weighted by atomic mass is 10.1. The monoisotopic (exact) mass is 267 g/mol. The van der Waals surface area contributed by atoms with Crippen LogP contribution in [0.25, 0.3) is 0 Å². The van der Waals surface area contributed by atoms with Gasteiger partial charge in [0.05, 0.1) is 11.0 Å². The maximum absolute atomic E-state index is 12.5. The van der Waals surface area contributed by atoms with E-state index in [9.17, 15) is 8.42 Å². The third-order valence-corrected chi connectivity index (χ3v) is 6.23. The standard InChI is InChI=1S/C14H21NO2S/c1-11-5-2-3-6-13(11)10-18(16,17)14-8-4-7-12(14)9-15/h2-3,5-6,12,14H,4,7-10,15H2,1H3. The van der Waals surface area contributed by atoms with Gasteiger partial charge >= 0.3 is 0 Å². The lowest BCUT2D eigenvalue weighted by Gasteiger charge is -2.19. The first-order valence-corrected chi connectivity index (χ1v) is 8.22. The molecule has 3 nitrogen and oxygen atoms in total. The maximum atomic E-state index is 12.5. The number of nitrogens with two attached hydrogens (primary N) is 1. The van der Waals surface area contributed by atoms with Crippen LogP contribution in [0, 0.1) is 12.8 Å². The Morgan fingerprint density at radius 1 is 1.28 bits per heavy atom. The molecule has 0 amide bonds. The van der Waals surface area contributed by atoms with Crippen molar-refractivity contribution in [3.8, 4) is 0 Å². The number of hydrogen-bond acceptors (Lipinski definition) is 3. The minimum atomic E-state index is -3.08. The molecule has 2 atom stereocenters. The Morgan fingerprint density at radius 3 is 2.67 bits per heavy atom. The van der Waals surface area contributed by atoms with Crippen molar-refractivity contribution in [1.29, 1.82) is 0 Å². The molecule has 1 aromatic rings. The van der Waals surface area contributed by atoms with Crippen LogP contribution in [0.4, 0.5) is 0 Å². The van der Waals surface area contributed by atoms with E-state index in [1.165, 1.54) is 0 Å². The summed E-state index contributed by atoms with van der Waals surface area (Å²) < 4.78 is 24.9. The molecule has 1 aliphatic carbocycles. The van der Waals surface area contributed by atoms with Crippen molar-refractivity contribution in [2.75, 3.05) is 6.54 Å². The van der Waals surface area contributed by atoms with Gasteiger partial charge in [-0.15, -0.1) is 0 Å². The van der Waals surface area contributed by atoms with Gasteiger partial charge in [0.1, 0.15) is 0 Å². The molecule has 1 aromatic carbocycles. The van der Waals surface area contributed by atoms with E-state index >= 15 is 0 Å². The summed E-state index contributed by atoms with van der Waals surface area (Å²) >= 11 is 0. The lowest BCUT2D eigenvalue weighted by molar-refractivity contribution is 0.523. The number of rotatable bonds is 4. The largest absolute Gasteiger partial charge is 0.330 e. The molecule has 1 aliphatic rings. The van der Waals surface area contributed by atoms with Crippen LogP contribution in [0.15, 0.2) is 24.3 Å².